The lowest BCUT2D eigenvalue weighted by molar-refractivity contribution is 2.11. The molecule has 0 nitrogen and oxygen atoms in total. The summed E-state index contributed by atoms with van der Waals surface area (Å²) in [5, 5.41) is 0. The molecule has 0 saturated heterocycles. The van der Waals surface area contributed by atoms with Crippen molar-refractivity contribution < 1.29 is 0 Å². The molecule has 0 heterocycles. The molecule has 1 heteroatoms. The third kappa shape index (κ3) is 3.54. The maximum Gasteiger partial charge on any atom is 0.102 e. The average molecular weight is 63.9 g/mol. The van der Waals surface area contributed by atoms with Gasteiger partial charge in [-0.3, -0.25) is 0 Å². The van der Waals surface area contributed by atoms with Gasteiger partial charge >= 0.3 is 0 Å². The number of allylic oxidation sites excluding steroid dienone is 2. The summed E-state index contributed by atoms with van der Waals surface area (Å²) < 4.78 is 0. The predicted octanol–water partition coefficient (Wildman–Crippen LogP) is 0.855. The van der Waals surface area contributed by atoms with Gasteiger partial charge in [0, 0.05) is 0 Å². The second-order valence-corrected chi connectivity index (χ2v) is 0.621. The molecule has 0 atom stereocenters. The third-order valence-corrected chi connectivity index (χ3v) is 0.247. The summed E-state index contributed by atoms with van der Waals surface area (Å²) in [5.41, 5.74) is 0. The first-order chi connectivity index (χ1) is 2.41. The van der Waals surface area contributed by atoms with Gasteiger partial charge in [0.05, 0.1) is 0 Å². The van der Waals surface area contributed by atoms with Crippen LogP contribution in [-0.4, -0.2) is 7.85 Å². The van der Waals surface area contributed by atoms with E-state index in [2.05, 4.69) is 6.58 Å². The predicted molar refractivity (Wildman–Crippen MR) is 25.1 cm³/mol. The molecule has 0 aliphatic rings. The molecule has 0 aromatic heterocycles. The van der Waals surface area contributed by atoms with Crippen molar-refractivity contribution in [1.29, 1.82) is 0 Å². The minimum atomic E-state index is 1.44. The quantitative estimate of drug-likeness (QED) is 0.313. The molecule has 0 aromatic rings. The fraction of sp³-hybridized carbons (Fsp3) is 0. The Hall–Kier alpha value is -0.455. The van der Waals surface area contributed by atoms with Crippen LogP contribution in [0.5, 0.6) is 0 Å². The first-order valence-electron chi connectivity index (χ1n) is 1.41. The molecule has 0 fully saturated rings. The first kappa shape index (κ1) is 4.54. The molecule has 0 aliphatic heterocycles. The molecule has 5 heavy (non-hydrogen) atoms. The van der Waals surface area contributed by atoms with Crippen molar-refractivity contribution >= 4 is 7.85 Å². The highest BCUT2D eigenvalue weighted by Crippen LogP contribution is 1.60. The monoisotopic (exact) mass is 64.0 g/mol. The highest BCUT2D eigenvalue weighted by molar-refractivity contribution is 6.17. The van der Waals surface area contributed by atoms with Gasteiger partial charge in [-0.1, -0.05) is 18.7 Å². The minimum absolute atomic E-state index is 1.44. The van der Waals surface area contributed by atoms with Crippen molar-refractivity contribution in [3.05, 3.63) is 24.7 Å². The number of hydrogen-bond acceptors (Lipinski definition) is 0. The number of hydrogen-bond donors (Lipinski definition) is 0. The Balaban J connectivity index is 2.92. The Kier molecular flexibility index (Phi) is 3.22. The van der Waals surface area contributed by atoms with E-state index < -0.39 is 0 Å². The Bertz CT molecular complexity index is 45.6. The lowest BCUT2D eigenvalue weighted by Gasteiger charge is -1.56. The third-order valence-electron chi connectivity index (χ3n) is 0.247. The lowest BCUT2D eigenvalue weighted by atomic mass is 10.1. The molecule has 0 aromatic carbocycles. The molecule has 0 aliphatic carbocycles. The Morgan fingerprint density at radius 2 is 2.20 bits per heavy atom. The maximum atomic E-state index is 4.89. The largest absolute Gasteiger partial charge is 0.132 e. The van der Waals surface area contributed by atoms with Crippen LogP contribution in [0.3, 0.4) is 0 Å². The van der Waals surface area contributed by atoms with Crippen LogP contribution >= 0.6 is 0 Å². The Morgan fingerprint density at radius 3 is 2.20 bits per heavy atom. The van der Waals surface area contributed by atoms with E-state index in [1.807, 2.05) is 0 Å². The summed E-state index contributed by atoms with van der Waals surface area (Å²) in [4.78, 5) is 0. The van der Waals surface area contributed by atoms with Crippen molar-refractivity contribution in [2.45, 2.75) is 0 Å². The van der Waals surface area contributed by atoms with Crippen LogP contribution in [0, 0.1) is 0 Å². The van der Waals surface area contributed by atoms with E-state index in [-0.39, 0.29) is 0 Å². The van der Waals surface area contributed by atoms with Gasteiger partial charge in [-0.2, -0.15) is 0 Å². The van der Waals surface area contributed by atoms with Gasteiger partial charge in [0.15, 0.2) is 0 Å². The fourth-order valence-corrected chi connectivity index (χ4v) is 0.0786. The molecule has 0 amide bonds. The van der Waals surface area contributed by atoms with E-state index in [0.717, 1.165) is 0 Å². The second-order valence-electron chi connectivity index (χ2n) is 0.621. The molecular weight excluding hydrogens is 58.9 g/mol. The summed E-state index contributed by atoms with van der Waals surface area (Å²) in [7, 11) is 4.89. The summed E-state index contributed by atoms with van der Waals surface area (Å²) in [5.74, 6) is 1.44. The first-order valence-corrected chi connectivity index (χ1v) is 1.41. The van der Waals surface area contributed by atoms with Crippen molar-refractivity contribution in [3.63, 3.8) is 0 Å². The van der Waals surface area contributed by atoms with Crippen LogP contribution < -0.4 is 0 Å². The molecule has 0 rings (SSSR count). The van der Waals surface area contributed by atoms with Crippen LogP contribution in [-0.2, 0) is 0 Å². The molecule has 24 valence electrons. The molecule has 0 bridgehead atoms. The van der Waals surface area contributed by atoms with E-state index in [0.29, 0.717) is 0 Å². The van der Waals surface area contributed by atoms with Crippen molar-refractivity contribution in [3.8, 4) is 0 Å². The summed E-state index contributed by atoms with van der Waals surface area (Å²) >= 11 is 0. The minimum Gasteiger partial charge on any atom is -0.132 e. The van der Waals surface area contributed by atoms with Gasteiger partial charge < -0.3 is 0 Å². The molecular formula is C4H5B. The van der Waals surface area contributed by atoms with E-state index in [1.54, 1.807) is 12.2 Å². The number of rotatable bonds is 1. The van der Waals surface area contributed by atoms with Crippen LogP contribution in [0.2, 0.25) is 0 Å². The molecule has 0 N–H and O–H groups in total. The van der Waals surface area contributed by atoms with Gasteiger partial charge in [-0.15, -0.1) is 5.98 Å². The zero-order valence-corrected chi connectivity index (χ0v) is 3.02. The highest BCUT2D eigenvalue weighted by Gasteiger charge is 1.42. The smallest absolute Gasteiger partial charge is 0.102 e. The normalized spacial score (nSPS) is 8.80. The van der Waals surface area contributed by atoms with Gasteiger partial charge in [-0.25, -0.2) is 0 Å². The van der Waals surface area contributed by atoms with Gasteiger partial charge in [0.25, 0.3) is 0 Å². The summed E-state index contributed by atoms with van der Waals surface area (Å²) in [6.07, 6.45) is 3.29. The topological polar surface area (TPSA) is 0 Å². The lowest BCUT2D eigenvalue weighted by Crippen LogP contribution is -1.43. The van der Waals surface area contributed by atoms with Crippen LogP contribution in [0.1, 0.15) is 0 Å². The van der Waals surface area contributed by atoms with Gasteiger partial charge in [0.1, 0.15) is 7.85 Å². The van der Waals surface area contributed by atoms with E-state index in [9.17, 15) is 0 Å². The van der Waals surface area contributed by atoms with E-state index in [1.165, 1.54) is 5.98 Å². The van der Waals surface area contributed by atoms with Crippen LogP contribution in [0.4, 0.5) is 0 Å². The van der Waals surface area contributed by atoms with E-state index >= 15 is 0 Å². The SMILES string of the molecule is [B]/C=C\C=C. The van der Waals surface area contributed by atoms with Crippen LogP contribution in [0.25, 0.3) is 0 Å². The standard InChI is InChI=1S/C4H5B/c1-2-3-4-5/h2-4H,1H2/b4-3-. The van der Waals surface area contributed by atoms with Crippen molar-refractivity contribution in [2.24, 2.45) is 0 Å². The van der Waals surface area contributed by atoms with Crippen molar-refractivity contribution in [2.75, 3.05) is 0 Å². The Morgan fingerprint density at radius 1 is 1.60 bits per heavy atom. The molecule has 0 unspecified atom stereocenters. The van der Waals surface area contributed by atoms with Gasteiger partial charge in [-0.05, 0) is 0 Å². The summed E-state index contributed by atoms with van der Waals surface area (Å²) in [6.45, 7) is 3.38. The molecule has 0 spiro atoms. The highest BCUT2D eigenvalue weighted by atomic mass is 13.4. The van der Waals surface area contributed by atoms with E-state index in [4.69, 9.17) is 7.85 Å². The average Bonchev–Trinajstić information content (AvgIpc) is 1.41. The Labute approximate surface area is 33.6 Å². The molecule has 2 radical (unpaired) electrons. The second kappa shape index (κ2) is 3.54. The van der Waals surface area contributed by atoms with Crippen LogP contribution in [0.15, 0.2) is 24.7 Å². The summed E-state index contributed by atoms with van der Waals surface area (Å²) in [6, 6.07) is 0. The van der Waals surface area contributed by atoms with Crippen molar-refractivity contribution in [1.82, 2.24) is 0 Å². The molecule has 0 saturated carbocycles. The maximum absolute atomic E-state index is 4.89. The fourth-order valence-electron chi connectivity index (χ4n) is 0.0786. The van der Waals surface area contributed by atoms with Gasteiger partial charge in [0.2, 0.25) is 0 Å². The zero-order chi connectivity index (χ0) is 4.12. The zero-order valence-electron chi connectivity index (χ0n) is 3.02.